The van der Waals surface area contributed by atoms with Gasteiger partial charge in [-0.15, -0.1) is 11.3 Å². The van der Waals surface area contributed by atoms with Crippen molar-refractivity contribution in [2.75, 3.05) is 6.61 Å². The minimum absolute atomic E-state index is 0.0413. The number of benzene rings is 1. The highest BCUT2D eigenvalue weighted by Crippen LogP contribution is 2.22. The van der Waals surface area contributed by atoms with Gasteiger partial charge in [0.15, 0.2) is 5.78 Å². The van der Waals surface area contributed by atoms with E-state index in [0.717, 1.165) is 11.3 Å². The summed E-state index contributed by atoms with van der Waals surface area (Å²) < 4.78 is 6.29. The first kappa shape index (κ1) is 15.8. The topological polar surface area (TPSA) is 26.3 Å². The second-order valence-corrected chi connectivity index (χ2v) is 6.79. The fourth-order valence-electron chi connectivity index (χ4n) is 1.67. The van der Waals surface area contributed by atoms with Crippen LogP contribution in [0.5, 0.6) is 5.75 Å². The van der Waals surface area contributed by atoms with Crippen molar-refractivity contribution in [3.63, 3.8) is 0 Å². The summed E-state index contributed by atoms with van der Waals surface area (Å²) in [7, 11) is 0. The van der Waals surface area contributed by atoms with Crippen molar-refractivity contribution in [3.8, 4) is 5.75 Å². The van der Waals surface area contributed by atoms with E-state index < -0.39 is 0 Å². The SMILES string of the molecule is CC(C)COc1cccc(/C=C/C(=O)c2ccc(Cl)s2)c1. The number of rotatable bonds is 6. The van der Waals surface area contributed by atoms with E-state index in [9.17, 15) is 4.79 Å². The quantitative estimate of drug-likeness (QED) is 0.531. The van der Waals surface area contributed by atoms with E-state index in [1.165, 1.54) is 11.3 Å². The lowest BCUT2D eigenvalue weighted by molar-refractivity contribution is 0.105. The maximum atomic E-state index is 12.0. The molecule has 110 valence electrons. The number of hydrogen-bond donors (Lipinski definition) is 0. The number of thiophene rings is 1. The van der Waals surface area contributed by atoms with Crippen LogP contribution in [0.1, 0.15) is 29.1 Å². The Labute approximate surface area is 134 Å². The van der Waals surface area contributed by atoms with Crippen LogP contribution in [0.4, 0.5) is 0 Å². The van der Waals surface area contributed by atoms with Gasteiger partial charge >= 0.3 is 0 Å². The molecule has 1 aromatic heterocycles. The van der Waals surface area contributed by atoms with Crippen LogP contribution in [-0.2, 0) is 0 Å². The number of ketones is 1. The van der Waals surface area contributed by atoms with Crippen LogP contribution in [0.25, 0.3) is 6.08 Å². The molecule has 0 spiro atoms. The van der Waals surface area contributed by atoms with Crippen molar-refractivity contribution < 1.29 is 9.53 Å². The Balaban J connectivity index is 2.03. The standard InChI is InChI=1S/C17H17ClO2S/c1-12(2)11-20-14-5-3-4-13(10-14)6-7-15(19)16-8-9-17(18)21-16/h3-10,12H,11H2,1-2H3/b7-6+. The van der Waals surface area contributed by atoms with Crippen LogP contribution in [0, 0.1) is 5.92 Å². The first-order valence-electron chi connectivity index (χ1n) is 6.75. The molecule has 0 aliphatic rings. The van der Waals surface area contributed by atoms with E-state index in [2.05, 4.69) is 13.8 Å². The summed E-state index contributed by atoms with van der Waals surface area (Å²) in [6.45, 7) is 4.89. The first-order chi connectivity index (χ1) is 10.0. The Morgan fingerprint density at radius 3 is 2.81 bits per heavy atom. The molecule has 2 nitrogen and oxygen atoms in total. The van der Waals surface area contributed by atoms with Gasteiger partial charge in [0.2, 0.25) is 0 Å². The Bertz CT molecular complexity index is 644. The van der Waals surface area contributed by atoms with Crippen LogP contribution in [0.15, 0.2) is 42.5 Å². The van der Waals surface area contributed by atoms with Gasteiger partial charge in [-0.05, 0) is 41.8 Å². The lowest BCUT2D eigenvalue weighted by Crippen LogP contribution is -2.04. The van der Waals surface area contributed by atoms with Gasteiger partial charge in [0.1, 0.15) is 5.75 Å². The summed E-state index contributed by atoms with van der Waals surface area (Å²) in [5.41, 5.74) is 0.937. The Hall–Kier alpha value is -1.58. The molecule has 1 heterocycles. The zero-order chi connectivity index (χ0) is 15.2. The number of carbonyl (C=O) groups excluding carboxylic acids is 1. The molecule has 0 radical (unpaired) electrons. The summed E-state index contributed by atoms with van der Waals surface area (Å²) in [4.78, 5) is 12.6. The smallest absolute Gasteiger partial charge is 0.195 e. The van der Waals surface area contributed by atoms with E-state index in [1.54, 1.807) is 24.3 Å². The molecule has 0 bridgehead atoms. The average Bonchev–Trinajstić information content (AvgIpc) is 2.90. The van der Waals surface area contributed by atoms with Gasteiger partial charge < -0.3 is 4.74 Å². The van der Waals surface area contributed by atoms with Gasteiger partial charge in [0, 0.05) is 0 Å². The van der Waals surface area contributed by atoms with Gasteiger partial charge in [-0.1, -0.05) is 43.7 Å². The van der Waals surface area contributed by atoms with E-state index in [-0.39, 0.29) is 5.78 Å². The lowest BCUT2D eigenvalue weighted by Gasteiger charge is -2.08. The molecule has 0 fully saturated rings. The molecule has 2 rings (SSSR count). The molecule has 2 aromatic rings. The van der Waals surface area contributed by atoms with Crippen molar-refractivity contribution >= 4 is 34.8 Å². The highest BCUT2D eigenvalue weighted by molar-refractivity contribution is 7.18. The van der Waals surface area contributed by atoms with E-state index >= 15 is 0 Å². The first-order valence-corrected chi connectivity index (χ1v) is 7.94. The van der Waals surface area contributed by atoms with Crippen molar-refractivity contribution in [1.29, 1.82) is 0 Å². The monoisotopic (exact) mass is 320 g/mol. The van der Waals surface area contributed by atoms with Gasteiger partial charge in [-0.2, -0.15) is 0 Å². The summed E-state index contributed by atoms with van der Waals surface area (Å²) in [6, 6.07) is 11.2. The summed E-state index contributed by atoms with van der Waals surface area (Å²) in [6.07, 6.45) is 3.35. The zero-order valence-electron chi connectivity index (χ0n) is 12.0. The van der Waals surface area contributed by atoms with Gasteiger partial charge in [0.05, 0.1) is 15.8 Å². The predicted molar refractivity (Wildman–Crippen MR) is 89.5 cm³/mol. The molecule has 0 amide bonds. The average molecular weight is 321 g/mol. The third kappa shape index (κ3) is 5.03. The van der Waals surface area contributed by atoms with Crippen molar-refractivity contribution in [1.82, 2.24) is 0 Å². The highest BCUT2D eigenvalue weighted by Gasteiger charge is 2.05. The molecular formula is C17H17ClO2S. The molecule has 4 heteroatoms. The molecule has 21 heavy (non-hydrogen) atoms. The van der Waals surface area contributed by atoms with E-state index in [1.807, 2.05) is 24.3 Å². The number of allylic oxidation sites excluding steroid dienone is 1. The largest absolute Gasteiger partial charge is 0.493 e. The van der Waals surface area contributed by atoms with E-state index in [4.69, 9.17) is 16.3 Å². The Morgan fingerprint density at radius 2 is 2.14 bits per heavy atom. The van der Waals surface area contributed by atoms with Crippen LogP contribution in [0.2, 0.25) is 4.34 Å². The fourth-order valence-corrected chi connectivity index (χ4v) is 2.63. The molecule has 0 aliphatic heterocycles. The van der Waals surface area contributed by atoms with Crippen molar-refractivity contribution in [2.24, 2.45) is 5.92 Å². The van der Waals surface area contributed by atoms with Gasteiger partial charge in [-0.3, -0.25) is 4.79 Å². The van der Waals surface area contributed by atoms with Gasteiger partial charge in [0.25, 0.3) is 0 Å². The molecule has 0 unspecified atom stereocenters. The number of hydrogen-bond acceptors (Lipinski definition) is 3. The number of carbonyl (C=O) groups is 1. The minimum atomic E-state index is -0.0413. The van der Waals surface area contributed by atoms with Crippen molar-refractivity contribution in [3.05, 3.63) is 57.3 Å². The second kappa shape index (κ2) is 7.43. The Kier molecular flexibility index (Phi) is 5.59. The molecule has 0 aliphatic carbocycles. The third-order valence-electron chi connectivity index (χ3n) is 2.68. The molecule has 0 saturated heterocycles. The predicted octanol–water partition coefficient (Wildman–Crippen LogP) is 5.33. The number of ether oxygens (including phenoxy) is 1. The Morgan fingerprint density at radius 1 is 1.33 bits per heavy atom. The van der Waals surface area contributed by atoms with Crippen LogP contribution in [0.3, 0.4) is 0 Å². The van der Waals surface area contributed by atoms with Crippen LogP contribution >= 0.6 is 22.9 Å². The lowest BCUT2D eigenvalue weighted by atomic mass is 10.1. The minimum Gasteiger partial charge on any atom is -0.493 e. The molecule has 0 saturated carbocycles. The molecule has 1 aromatic carbocycles. The normalized spacial score (nSPS) is 11.2. The maximum absolute atomic E-state index is 12.0. The highest BCUT2D eigenvalue weighted by atomic mass is 35.5. The fraction of sp³-hybridized carbons (Fsp3) is 0.235. The molecular weight excluding hydrogens is 304 g/mol. The van der Waals surface area contributed by atoms with E-state index in [0.29, 0.717) is 21.7 Å². The van der Waals surface area contributed by atoms with Gasteiger partial charge in [-0.25, -0.2) is 0 Å². The van der Waals surface area contributed by atoms with Crippen LogP contribution in [-0.4, -0.2) is 12.4 Å². The second-order valence-electron chi connectivity index (χ2n) is 5.08. The summed E-state index contributed by atoms with van der Waals surface area (Å²) in [5.74, 6) is 1.26. The third-order valence-corrected chi connectivity index (χ3v) is 3.93. The maximum Gasteiger partial charge on any atom is 0.195 e. The van der Waals surface area contributed by atoms with Crippen LogP contribution < -0.4 is 4.74 Å². The summed E-state index contributed by atoms with van der Waals surface area (Å²) in [5, 5.41) is 0. The zero-order valence-corrected chi connectivity index (χ0v) is 13.6. The molecule has 0 N–H and O–H groups in total. The van der Waals surface area contributed by atoms with Crippen molar-refractivity contribution in [2.45, 2.75) is 13.8 Å². The summed E-state index contributed by atoms with van der Waals surface area (Å²) >= 11 is 7.11. The number of halogens is 1. The molecule has 0 atom stereocenters.